The van der Waals surface area contributed by atoms with Crippen molar-refractivity contribution in [1.29, 1.82) is 0 Å². The van der Waals surface area contributed by atoms with Crippen LogP contribution in [0.2, 0.25) is 0 Å². The predicted octanol–water partition coefficient (Wildman–Crippen LogP) is 2.75. The molecule has 0 saturated carbocycles. The van der Waals surface area contributed by atoms with Gasteiger partial charge in [0, 0.05) is 5.75 Å². The van der Waals surface area contributed by atoms with Gasteiger partial charge in [-0.3, -0.25) is 14.4 Å². The summed E-state index contributed by atoms with van der Waals surface area (Å²) >= 11 is 2.56. The number of nitrogens with one attached hydrogen (secondary N) is 1. The van der Waals surface area contributed by atoms with E-state index >= 15 is 0 Å². The van der Waals surface area contributed by atoms with E-state index in [2.05, 4.69) is 22.1 Å². The summed E-state index contributed by atoms with van der Waals surface area (Å²) in [5, 5.41) is 10.5. The van der Waals surface area contributed by atoms with Gasteiger partial charge < -0.3 is 0 Å². The molecule has 26 heavy (non-hydrogen) atoms. The molecule has 0 radical (unpaired) electrons. The molecule has 140 valence electrons. The molecule has 0 bridgehead atoms. The number of amides is 1. The number of aromatic nitrogens is 2. The Labute approximate surface area is 159 Å². The van der Waals surface area contributed by atoms with Gasteiger partial charge in [0.2, 0.25) is 21.1 Å². The lowest BCUT2D eigenvalue weighted by molar-refractivity contribution is -0.116. The van der Waals surface area contributed by atoms with Gasteiger partial charge in [-0.1, -0.05) is 41.3 Å². The van der Waals surface area contributed by atoms with Crippen molar-refractivity contribution in [2.24, 2.45) is 0 Å². The van der Waals surface area contributed by atoms with Crippen molar-refractivity contribution in [2.45, 2.75) is 17.3 Å². The smallest absolute Gasteiger partial charge is 0.249 e. The van der Waals surface area contributed by atoms with E-state index in [1.165, 1.54) is 36.9 Å². The minimum Gasteiger partial charge on any atom is -0.299 e. The molecule has 0 aliphatic carbocycles. The molecular weight excluding hydrogens is 399 g/mol. The standard InChI is InChI=1S/C15H17FN4O3S3/c1-4-9-24-15-19-18-14(25-15)17-13(21)10(2)20(26(3,22)23)12-8-6-5-7-11(12)16/h4-8,10H,1,9H2,2-3H3,(H,17,18,21)/t10-/m1/s1. The second-order valence-electron chi connectivity index (χ2n) is 5.15. The molecule has 1 aromatic heterocycles. The van der Waals surface area contributed by atoms with Crippen LogP contribution in [0.3, 0.4) is 0 Å². The molecule has 0 aliphatic rings. The molecular formula is C15H17FN4O3S3. The van der Waals surface area contributed by atoms with Crippen LogP contribution in [-0.2, 0) is 14.8 Å². The number of anilines is 2. The minimum absolute atomic E-state index is 0.197. The zero-order valence-corrected chi connectivity index (χ0v) is 16.5. The molecule has 11 heteroatoms. The summed E-state index contributed by atoms with van der Waals surface area (Å²) in [6.07, 6.45) is 2.63. The average Bonchev–Trinajstić information content (AvgIpc) is 3.01. The lowest BCUT2D eigenvalue weighted by Gasteiger charge is -2.28. The minimum atomic E-state index is -3.90. The van der Waals surface area contributed by atoms with Crippen molar-refractivity contribution in [3.05, 3.63) is 42.7 Å². The summed E-state index contributed by atoms with van der Waals surface area (Å²) in [5.41, 5.74) is -0.197. The second kappa shape index (κ2) is 8.60. The molecule has 2 rings (SSSR count). The third-order valence-corrected chi connectivity index (χ3v) is 6.34. The average molecular weight is 417 g/mol. The predicted molar refractivity (Wildman–Crippen MR) is 103 cm³/mol. The first-order chi connectivity index (χ1) is 12.2. The summed E-state index contributed by atoms with van der Waals surface area (Å²) < 4.78 is 39.7. The highest BCUT2D eigenvalue weighted by molar-refractivity contribution is 8.01. The van der Waals surface area contributed by atoms with E-state index in [1.807, 2.05) is 0 Å². The van der Waals surface area contributed by atoms with Crippen molar-refractivity contribution in [1.82, 2.24) is 10.2 Å². The van der Waals surface area contributed by atoms with Crippen molar-refractivity contribution in [3.63, 3.8) is 0 Å². The second-order valence-corrected chi connectivity index (χ2v) is 9.25. The van der Waals surface area contributed by atoms with Crippen LogP contribution >= 0.6 is 23.1 Å². The highest BCUT2D eigenvalue weighted by atomic mass is 32.2. The van der Waals surface area contributed by atoms with Crippen LogP contribution in [0, 0.1) is 5.82 Å². The fraction of sp³-hybridized carbons (Fsp3) is 0.267. The number of nitrogens with zero attached hydrogens (tertiary/aromatic N) is 3. The Balaban J connectivity index is 2.22. The third-order valence-electron chi connectivity index (χ3n) is 3.14. The number of hydrogen-bond acceptors (Lipinski definition) is 7. The van der Waals surface area contributed by atoms with Crippen molar-refractivity contribution in [3.8, 4) is 0 Å². The lowest BCUT2D eigenvalue weighted by Crippen LogP contribution is -2.45. The maximum atomic E-state index is 14.1. The molecule has 1 aromatic carbocycles. The summed E-state index contributed by atoms with van der Waals surface area (Å²) in [7, 11) is -3.90. The van der Waals surface area contributed by atoms with Gasteiger partial charge in [-0.15, -0.1) is 16.8 Å². The van der Waals surface area contributed by atoms with Gasteiger partial charge in [0.1, 0.15) is 11.9 Å². The molecule has 0 unspecified atom stereocenters. The maximum absolute atomic E-state index is 14.1. The fourth-order valence-electron chi connectivity index (χ4n) is 2.07. The Bertz CT molecular complexity index is 901. The molecule has 1 atom stereocenters. The van der Waals surface area contributed by atoms with Crippen molar-refractivity contribution < 1.29 is 17.6 Å². The normalized spacial score (nSPS) is 12.4. The first kappa shape index (κ1) is 20.3. The zero-order valence-electron chi connectivity index (χ0n) is 14.0. The van der Waals surface area contributed by atoms with Gasteiger partial charge in [-0.2, -0.15) is 0 Å². The highest BCUT2D eigenvalue weighted by Crippen LogP contribution is 2.27. The van der Waals surface area contributed by atoms with Crippen LogP contribution in [0.1, 0.15) is 6.92 Å². The first-order valence-corrected chi connectivity index (χ1v) is 11.0. The molecule has 0 fully saturated rings. The Morgan fingerprint density at radius 1 is 1.46 bits per heavy atom. The van der Waals surface area contributed by atoms with Crippen LogP contribution in [0.5, 0.6) is 0 Å². The molecule has 0 spiro atoms. The van der Waals surface area contributed by atoms with E-state index in [9.17, 15) is 17.6 Å². The number of para-hydroxylation sites is 1. The summed E-state index contributed by atoms with van der Waals surface area (Å²) in [5.74, 6) is -0.736. The van der Waals surface area contributed by atoms with Gasteiger partial charge in [-0.05, 0) is 19.1 Å². The van der Waals surface area contributed by atoms with E-state index < -0.39 is 27.8 Å². The van der Waals surface area contributed by atoms with Crippen LogP contribution < -0.4 is 9.62 Å². The topological polar surface area (TPSA) is 92.3 Å². The Morgan fingerprint density at radius 2 is 2.15 bits per heavy atom. The summed E-state index contributed by atoms with van der Waals surface area (Å²) in [6, 6.07) is 4.18. The molecule has 2 aromatic rings. The highest BCUT2D eigenvalue weighted by Gasteiger charge is 2.31. The Kier molecular flexibility index (Phi) is 6.73. The van der Waals surface area contributed by atoms with Gasteiger partial charge in [0.05, 0.1) is 11.9 Å². The first-order valence-electron chi connectivity index (χ1n) is 7.36. The van der Waals surface area contributed by atoms with Gasteiger partial charge in [-0.25, -0.2) is 12.8 Å². The van der Waals surface area contributed by atoms with Crippen LogP contribution in [-0.4, -0.2) is 42.6 Å². The number of hydrogen-bond donors (Lipinski definition) is 1. The monoisotopic (exact) mass is 416 g/mol. The number of carbonyl (C=O) groups is 1. The van der Waals surface area contributed by atoms with E-state index in [-0.39, 0.29) is 10.8 Å². The molecule has 0 saturated heterocycles. The van der Waals surface area contributed by atoms with Crippen molar-refractivity contribution in [2.75, 3.05) is 21.6 Å². The van der Waals surface area contributed by atoms with E-state index in [4.69, 9.17) is 0 Å². The maximum Gasteiger partial charge on any atom is 0.249 e. The Hall–Kier alpha value is -1.98. The number of thioether (sulfide) groups is 1. The number of halogens is 1. The van der Waals surface area contributed by atoms with Crippen molar-refractivity contribution >= 4 is 49.8 Å². The van der Waals surface area contributed by atoms with E-state index in [1.54, 1.807) is 6.08 Å². The SMILES string of the molecule is C=CCSc1nnc(NC(=O)[C@@H](C)N(c2ccccc2F)S(C)(=O)=O)s1. The Morgan fingerprint density at radius 3 is 2.77 bits per heavy atom. The lowest BCUT2D eigenvalue weighted by atomic mass is 10.2. The number of carbonyl (C=O) groups excluding carboxylic acids is 1. The molecule has 0 aliphatic heterocycles. The van der Waals surface area contributed by atoms with E-state index in [0.29, 0.717) is 10.1 Å². The van der Waals surface area contributed by atoms with Gasteiger partial charge >= 0.3 is 0 Å². The fourth-order valence-corrected chi connectivity index (χ4v) is 4.76. The summed E-state index contributed by atoms with van der Waals surface area (Å²) in [6.45, 7) is 4.98. The van der Waals surface area contributed by atoms with Crippen LogP contribution in [0.15, 0.2) is 41.3 Å². The zero-order chi connectivity index (χ0) is 19.3. The molecule has 1 N–H and O–H groups in total. The quantitative estimate of drug-likeness (QED) is 0.404. The van der Waals surface area contributed by atoms with Crippen LogP contribution in [0.25, 0.3) is 0 Å². The molecule has 7 nitrogen and oxygen atoms in total. The number of benzene rings is 1. The van der Waals surface area contributed by atoms with Gasteiger partial charge in [0.15, 0.2) is 4.34 Å². The largest absolute Gasteiger partial charge is 0.299 e. The summed E-state index contributed by atoms with van der Waals surface area (Å²) in [4.78, 5) is 12.5. The number of sulfonamides is 1. The molecule has 1 amide bonds. The number of rotatable bonds is 8. The third kappa shape index (κ3) is 5.02. The van der Waals surface area contributed by atoms with Gasteiger partial charge in [0.25, 0.3) is 0 Å². The van der Waals surface area contributed by atoms with E-state index in [0.717, 1.165) is 28.0 Å². The molecule has 1 heterocycles. The van der Waals surface area contributed by atoms with Crippen LogP contribution in [0.4, 0.5) is 15.2 Å².